The minimum Gasteiger partial charge on any atom is -0.298 e. The van der Waals surface area contributed by atoms with E-state index in [4.69, 9.17) is 0 Å². The molecule has 1 heterocycles. The molecular weight excluding hydrogens is 184 g/mol. The van der Waals surface area contributed by atoms with Crippen LogP contribution in [0, 0.1) is 0 Å². The molecule has 0 saturated carbocycles. The van der Waals surface area contributed by atoms with Gasteiger partial charge in [-0.1, -0.05) is 18.2 Å². The quantitative estimate of drug-likeness (QED) is 0.682. The van der Waals surface area contributed by atoms with E-state index in [0.717, 1.165) is 22.7 Å². The number of aldehydes is 2. The summed E-state index contributed by atoms with van der Waals surface area (Å²) in [6.07, 6.45) is 1.63. The van der Waals surface area contributed by atoms with Crippen molar-refractivity contribution in [3.05, 3.63) is 34.7 Å². The maximum atomic E-state index is 10.6. The molecule has 0 radical (unpaired) electrons. The molecule has 2 aromatic rings. The van der Waals surface area contributed by atoms with Gasteiger partial charge in [-0.15, -0.1) is 11.3 Å². The van der Waals surface area contributed by atoms with Crippen molar-refractivity contribution in [2.75, 3.05) is 0 Å². The summed E-state index contributed by atoms with van der Waals surface area (Å²) in [5.41, 5.74) is 1.30. The molecule has 0 bridgehead atoms. The SMILES string of the molecule is O=Cc1csc2c(C=O)cccc12. The molecular formula is C10H6O2S. The minimum atomic E-state index is 0.649. The first-order chi connectivity index (χ1) is 6.36. The van der Waals surface area contributed by atoms with Gasteiger partial charge < -0.3 is 0 Å². The second-order valence-electron chi connectivity index (χ2n) is 2.65. The van der Waals surface area contributed by atoms with Crippen LogP contribution in [0.15, 0.2) is 23.6 Å². The lowest BCUT2D eigenvalue weighted by Gasteiger charge is -1.92. The zero-order valence-electron chi connectivity index (χ0n) is 6.69. The van der Waals surface area contributed by atoms with Crippen molar-refractivity contribution in [3.63, 3.8) is 0 Å². The fourth-order valence-corrected chi connectivity index (χ4v) is 2.28. The van der Waals surface area contributed by atoms with Crippen molar-refractivity contribution in [1.82, 2.24) is 0 Å². The molecule has 1 aromatic carbocycles. The fraction of sp³-hybridized carbons (Fsp3) is 0. The second kappa shape index (κ2) is 3.11. The van der Waals surface area contributed by atoms with Crippen LogP contribution in [0.25, 0.3) is 10.1 Å². The zero-order chi connectivity index (χ0) is 9.26. The Labute approximate surface area is 78.8 Å². The average molecular weight is 190 g/mol. The van der Waals surface area contributed by atoms with Gasteiger partial charge in [0.25, 0.3) is 0 Å². The normalized spacial score (nSPS) is 10.2. The molecule has 0 aliphatic carbocycles. The molecule has 1 aromatic heterocycles. The predicted molar refractivity (Wildman–Crippen MR) is 52.6 cm³/mol. The maximum absolute atomic E-state index is 10.6. The third-order valence-electron chi connectivity index (χ3n) is 1.91. The number of fused-ring (bicyclic) bond motifs is 1. The summed E-state index contributed by atoms with van der Waals surface area (Å²) in [5.74, 6) is 0. The van der Waals surface area contributed by atoms with Crippen LogP contribution >= 0.6 is 11.3 Å². The lowest BCUT2D eigenvalue weighted by atomic mass is 10.1. The number of benzene rings is 1. The molecule has 3 heteroatoms. The van der Waals surface area contributed by atoms with E-state index in [1.807, 2.05) is 6.07 Å². The molecule has 0 atom stereocenters. The smallest absolute Gasteiger partial charge is 0.151 e. The van der Waals surface area contributed by atoms with Crippen LogP contribution in [0.4, 0.5) is 0 Å². The first-order valence-corrected chi connectivity index (χ1v) is 4.65. The van der Waals surface area contributed by atoms with Crippen LogP contribution in [0.2, 0.25) is 0 Å². The van der Waals surface area contributed by atoms with Crippen LogP contribution in [0.5, 0.6) is 0 Å². The molecule has 0 spiro atoms. The van der Waals surface area contributed by atoms with Gasteiger partial charge in [-0.2, -0.15) is 0 Å². The first kappa shape index (κ1) is 8.13. The van der Waals surface area contributed by atoms with Crippen molar-refractivity contribution < 1.29 is 9.59 Å². The van der Waals surface area contributed by atoms with Gasteiger partial charge in [0.1, 0.15) is 0 Å². The lowest BCUT2D eigenvalue weighted by Crippen LogP contribution is -1.80. The number of hydrogen-bond donors (Lipinski definition) is 0. The first-order valence-electron chi connectivity index (χ1n) is 3.77. The highest BCUT2D eigenvalue weighted by atomic mass is 32.1. The molecule has 0 unspecified atom stereocenters. The van der Waals surface area contributed by atoms with Gasteiger partial charge >= 0.3 is 0 Å². The van der Waals surface area contributed by atoms with Crippen LogP contribution in [-0.2, 0) is 0 Å². The molecule has 2 nitrogen and oxygen atoms in total. The lowest BCUT2D eigenvalue weighted by molar-refractivity contribution is 0.111. The Morgan fingerprint density at radius 2 is 1.85 bits per heavy atom. The van der Waals surface area contributed by atoms with Crippen molar-refractivity contribution in [3.8, 4) is 0 Å². The number of carbonyl (C=O) groups excluding carboxylic acids is 2. The molecule has 0 N–H and O–H groups in total. The van der Waals surface area contributed by atoms with E-state index < -0.39 is 0 Å². The van der Waals surface area contributed by atoms with Crippen molar-refractivity contribution >= 4 is 34.0 Å². The largest absolute Gasteiger partial charge is 0.298 e. The Kier molecular flexibility index (Phi) is 1.94. The number of hydrogen-bond acceptors (Lipinski definition) is 3. The van der Waals surface area contributed by atoms with E-state index >= 15 is 0 Å². The molecule has 0 aliphatic rings. The van der Waals surface area contributed by atoms with E-state index in [2.05, 4.69) is 0 Å². The van der Waals surface area contributed by atoms with Crippen LogP contribution in [-0.4, -0.2) is 12.6 Å². The summed E-state index contributed by atoms with van der Waals surface area (Å²) in [6.45, 7) is 0. The van der Waals surface area contributed by atoms with Crippen molar-refractivity contribution in [2.24, 2.45) is 0 Å². The van der Waals surface area contributed by atoms with Gasteiger partial charge in [-0.05, 0) is 0 Å². The molecule has 2 rings (SSSR count). The van der Waals surface area contributed by atoms with E-state index in [1.54, 1.807) is 17.5 Å². The topological polar surface area (TPSA) is 34.1 Å². The van der Waals surface area contributed by atoms with Gasteiger partial charge in [0, 0.05) is 26.6 Å². The molecule has 0 saturated heterocycles. The van der Waals surface area contributed by atoms with Gasteiger partial charge in [-0.25, -0.2) is 0 Å². The van der Waals surface area contributed by atoms with Crippen molar-refractivity contribution in [2.45, 2.75) is 0 Å². The Balaban J connectivity index is 2.86. The van der Waals surface area contributed by atoms with Gasteiger partial charge in [-0.3, -0.25) is 9.59 Å². The third kappa shape index (κ3) is 1.17. The Hall–Kier alpha value is -1.48. The Morgan fingerprint density at radius 3 is 2.54 bits per heavy atom. The van der Waals surface area contributed by atoms with E-state index in [9.17, 15) is 9.59 Å². The highest BCUT2D eigenvalue weighted by molar-refractivity contribution is 7.18. The van der Waals surface area contributed by atoms with Crippen LogP contribution < -0.4 is 0 Å². The summed E-state index contributed by atoms with van der Waals surface area (Å²) in [7, 11) is 0. The monoisotopic (exact) mass is 190 g/mol. The number of rotatable bonds is 2. The average Bonchev–Trinajstić information content (AvgIpc) is 2.60. The maximum Gasteiger partial charge on any atom is 0.151 e. The van der Waals surface area contributed by atoms with Crippen molar-refractivity contribution in [1.29, 1.82) is 0 Å². The van der Waals surface area contributed by atoms with Crippen LogP contribution in [0.3, 0.4) is 0 Å². The summed E-state index contributed by atoms with van der Waals surface area (Å²) in [6, 6.07) is 5.38. The standard InChI is InChI=1S/C10H6O2S/c11-4-7-2-1-3-9-8(5-12)6-13-10(7)9/h1-6H. The Morgan fingerprint density at radius 1 is 1.08 bits per heavy atom. The van der Waals surface area contributed by atoms with E-state index in [-0.39, 0.29) is 0 Å². The second-order valence-corrected chi connectivity index (χ2v) is 3.53. The predicted octanol–water partition coefficient (Wildman–Crippen LogP) is 2.53. The van der Waals surface area contributed by atoms with Gasteiger partial charge in [0.2, 0.25) is 0 Å². The van der Waals surface area contributed by atoms with E-state index in [0.29, 0.717) is 11.1 Å². The molecule has 13 heavy (non-hydrogen) atoms. The fourth-order valence-electron chi connectivity index (χ4n) is 1.28. The number of thiophene rings is 1. The Bertz CT molecular complexity index is 471. The molecule has 64 valence electrons. The molecule has 0 fully saturated rings. The zero-order valence-corrected chi connectivity index (χ0v) is 7.51. The summed E-state index contributed by atoms with van der Waals surface area (Å²) < 4.78 is 0.889. The highest BCUT2D eigenvalue weighted by Crippen LogP contribution is 2.26. The minimum absolute atomic E-state index is 0.649. The molecule has 0 aliphatic heterocycles. The summed E-state index contributed by atoms with van der Waals surface area (Å²) in [5, 5.41) is 2.63. The summed E-state index contributed by atoms with van der Waals surface area (Å²) >= 11 is 1.43. The van der Waals surface area contributed by atoms with Gasteiger partial charge in [0.05, 0.1) is 0 Å². The molecule has 0 amide bonds. The van der Waals surface area contributed by atoms with Crippen LogP contribution in [0.1, 0.15) is 20.7 Å². The third-order valence-corrected chi connectivity index (χ3v) is 2.98. The number of carbonyl (C=O) groups is 2. The summed E-state index contributed by atoms with van der Waals surface area (Å²) in [4.78, 5) is 21.2. The van der Waals surface area contributed by atoms with Gasteiger partial charge in [0.15, 0.2) is 12.6 Å². The highest BCUT2D eigenvalue weighted by Gasteiger charge is 2.05. The van der Waals surface area contributed by atoms with E-state index in [1.165, 1.54) is 11.3 Å².